The van der Waals surface area contributed by atoms with Gasteiger partial charge in [0.2, 0.25) is 0 Å². The number of hydrogen-bond acceptors (Lipinski definition) is 4. The van der Waals surface area contributed by atoms with E-state index >= 15 is 0 Å². The topological polar surface area (TPSA) is 52.6 Å². The maximum Gasteiger partial charge on any atom is 0.310 e. The van der Waals surface area contributed by atoms with Gasteiger partial charge in [-0.15, -0.1) is 0 Å². The zero-order chi connectivity index (χ0) is 25.8. The molecular formula is C32H32O4. The van der Waals surface area contributed by atoms with E-state index in [1.54, 1.807) is 13.8 Å². The fraction of sp³-hybridized carbons (Fsp3) is 0.188. The second-order valence-electron chi connectivity index (χ2n) is 8.25. The van der Waals surface area contributed by atoms with Crippen molar-refractivity contribution in [3.05, 3.63) is 112 Å². The first kappa shape index (κ1) is 26.4. The minimum atomic E-state index is -0.213. The number of hydrogen-bond donors (Lipinski definition) is 0. The number of ether oxygens (including phenoxy) is 2. The van der Waals surface area contributed by atoms with Gasteiger partial charge < -0.3 is 9.47 Å². The smallest absolute Gasteiger partial charge is 0.310 e. The Morgan fingerprint density at radius 2 is 0.972 bits per heavy atom. The molecule has 0 saturated carbocycles. The highest BCUT2D eigenvalue weighted by Crippen LogP contribution is 2.18. The monoisotopic (exact) mass is 480 g/mol. The summed E-state index contributed by atoms with van der Waals surface area (Å²) in [5, 5.41) is 0. The molecule has 4 heteroatoms. The third-order valence-electron chi connectivity index (χ3n) is 5.44. The van der Waals surface area contributed by atoms with Crippen LogP contribution >= 0.6 is 0 Å². The van der Waals surface area contributed by atoms with Gasteiger partial charge in [-0.3, -0.25) is 9.59 Å². The molecule has 0 aliphatic rings. The lowest BCUT2D eigenvalue weighted by atomic mass is 10.0. The van der Waals surface area contributed by atoms with Crippen LogP contribution in [0.25, 0.3) is 30.4 Å². The number of esters is 2. The Balaban J connectivity index is 1.68. The summed E-state index contributed by atoms with van der Waals surface area (Å²) in [4.78, 5) is 23.3. The van der Waals surface area contributed by atoms with Crippen LogP contribution in [0.1, 0.15) is 52.8 Å². The van der Waals surface area contributed by atoms with Crippen LogP contribution < -0.4 is 0 Å². The van der Waals surface area contributed by atoms with Crippen molar-refractivity contribution >= 4 is 42.3 Å². The summed E-state index contributed by atoms with van der Waals surface area (Å²) in [7, 11) is 0. The number of carbonyl (C=O) groups is 2. The van der Waals surface area contributed by atoms with Crippen molar-refractivity contribution in [2.75, 3.05) is 13.2 Å². The van der Waals surface area contributed by atoms with Gasteiger partial charge >= 0.3 is 11.9 Å². The maximum atomic E-state index is 11.7. The van der Waals surface area contributed by atoms with Gasteiger partial charge in [0.15, 0.2) is 0 Å². The van der Waals surface area contributed by atoms with Gasteiger partial charge in [0, 0.05) is 0 Å². The van der Waals surface area contributed by atoms with Crippen molar-refractivity contribution in [2.45, 2.75) is 26.7 Å². The first-order chi connectivity index (χ1) is 17.5. The van der Waals surface area contributed by atoms with E-state index in [1.807, 2.05) is 66.8 Å². The van der Waals surface area contributed by atoms with Crippen molar-refractivity contribution in [1.82, 2.24) is 0 Å². The lowest BCUT2D eigenvalue weighted by molar-refractivity contribution is -0.143. The summed E-state index contributed by atoms with van der Waals surface area (Å²) in [6.07, 6.45) is 10.6. The molecule has 0 heterocycles. The Labute approximate surface area is 213 Å². The van der Waals surface area contributed by atoms with Gasteiger partial charge in [0.05, 0.1) is 26.1 Å². The SMILES string of the molecule is C=Cc1cc(/C=C/c2ccc(CC(=O)OCC)cc2)cc(/C=C/c2ccc(CC(=O)OCC)cc2)c1. The van der Waals surface area contributed by atoms with Crippen LogP contribution in [0.4, 0.5) is 0 Å². The van der Waals surface area contributed by atoms with E-state index in [4.69, 9.17) is 9.47 Å². The van der Waals surface area contributed by atoms with Gasteiger partial charge in [-0.25, -0.2) is 0 Å². The summed E-state index contributed by atoms with van der Waals surface area (Å²) in [6.45, 7) is 8.32. The van der Waals surface area contributed by atoms with Crippen molar-refractivity contribution in [1.29, 1.82) is 0 Å². The maximum absolute atomic E-state index is 11.7. The van der Waals surface area contributed by atoms with Crippen LogP contribution in [0.3, 0.4) is 0 Å². The number of carbonyl (C=O) groups excluding carboxylic acids is 2. The minimum absolute atomic E-state index is 0.213. The lowest BCUT2D eigenvalue weighted by Gasteiger charge is -2.04. The third kappa shape index (κ3) is 8.55. The van der Waals surface area contributed by atoms with E-state index < -0.39 is 0 Å². The fourth-order valence-corrected chi connectivity index (χ4v) is 3.65. The zero-order valence-electron chi connectivity index (χ0n) is 20.9. The molecule has 3 aromatic carbocycles. The standard InChI is InChI=1S/C32H32O4/c1-4-24-19-29(17-11-25-7-13-27(14-8-25)22-31(33)35-5-2)21-30(20-24)18-12-26-9-15-28(16-10-26)23-32(34)36-6-3/h4,7-21H,1,5-6,22-23H2,2-3H3/b17-11+,18-12+. The van der Waals surface area contributed by atoms with Crippen LogP contribution in [0.2, 0.25) is 0 Å². The van der Waals surface area contributed by atoms with E-state index in [0.717, 1.165) is 38.9 Å². The van der Waals surface area contributed by atoms with Crippen LogP contribution in [-0.4, -0.2) is 25.2 Å². The van der Waals surface area contributed by atoms with Gasteiger partial charge in [-0.1, -0.05) is 85.5 Å². The van der Waals surface area contributed by atoms with E-state index in [0.29, 0.717) is 13.2 Å². The lowest BCUT2D eigenvalue weighted by Crippen LogP contribution is -2.07. The Morgan fingerprint density at radius 1 is 0.611 bits per heavy atom. The molecule has 0 N–H and O–H groups in total. The first-order valence-electron chi connectivity index (χ1n) is 12.1. The molecule has 0 aliphatic heterocycles. The molecule has 0 spiro atoms. The van der Waals surface area contributed by atoms with Crippen molar-refractivity contribution in [3.8, 4) is 0 Å². The molecule has 0 bridgehead atoms. The predicted molar refractivity (Wildman–Crippen MR) is 148 cm³/mol. The molecule has 3 rings (SSSR count). The largest absolute Gasteiger partial charge is 0.466 e. The molecule has 4 nitrogen and oxygen atoms in total. The molecule has 0 aromatic heterocycles. The van der Waals surface area contributed by atoms with Crippen molar-refractivity contribution in [3.63, 3.8) is 0 Å². The zero-order valence-corrected chi connectivity index (χ0v) is 20.9. The molecular weight excluding hydrogens is 448 g/mol. The summed E-state index contributed by atoms with van der Waals surface area (Å²) >= 11 is 0. The van der Waals surface area contributed by atoms with Gasteiger partial charge in [-0.2, -0.15) is 0 Å². The molecule has 184 valence electrons. The molecule has 0 radical (unpaired) electrons. The third-order valence-corrected chi connectivity index (χ3v) is 5.44. The van der Waals surface area contributed by atoms with Crippen molar-refractivity contribution < 1.29 is 19.1 Å². The predicted octanol–water partition coefficient (Wildman–Crippen LogP) is 6.88. The first-order valence-corrected chi connectivity index (χ1v) is 12.1. The van der Waals surface area contributed by atoms with E-state index in [-0.39, 0.29) is 24.8 Å². The molecule has 0 saturated heterocycles. The average molecular weight is 481 g/mol. The normalized spacial score (nSPS) is 11.1. The summed E-state index contributed by atoms with van der Waals surface area (Å²) in [5.74, 6) is -0.425. The molecule has 36 heavy (non-hydrogen) atoms. The summed E-state index contributed by atoms with van der Waals surface area (Å²) < 4.78 is 10.0. The summed E-state index contributed by atoms with van der Waals surface area (Å²) in [5.41, 5.74) is 7.12. The highest BCUT2D eigenvalue weighted by Gasteiger charge is 2.04. The second kappa shape index (κ2) is 13.6. The molecule has 0 fully saturated rings. The van der Waals surface area contributed by atoms with Crippen molar-refractivity contribution in [2.24, 2.45) is 0 Å². The summed E-state index contributed by atoms with van der Waals surface area (Å²) in [6, 6.07) is 22.1. The van der Waals surface area contributed by atoms with E-state index in [9.17, 15) is 9.59 Å². The highest BCUT2D eigenvalue weighted by atomic mass is 16.5. The fourth-order valence-electron chi connectivity index (χ4n) is 3.65. The molecule has 0 amide bonds. The van der Waals surface area contributed by atoms with Crippen LogP contribution in [0.15, 0.2) is 73.3 Å². The van der Waals surface area contributed by atoms with E-state index in [1.165, 1.54) is 0 Å². The van der Waals surface area contributed by atoms with Gasteiger partial charge in [0.25, 0.3) is 0 Å². The van der Waals surface area contributed by atoms with Crippen LogP contribution in [-0.2, 0) is 31.9 Å². The Hall–Kier alpha value is -4.18. The molecule has 3 aromatic rings. The Bertz CT molecular complexity index is 1140. The van der Waals surface area contributed by atoms with Gasteiger partial charge in [0.1, 0.15) is 0 Å². The number of benzene rings is 3. The highest BCUT2D eigenvalue weighted by molar-refractivity contribution is 5.77. The van der Waals surface area contributed by atoms with E-state index in [2.05, 4.69) is 36.9 Å². The Morgan fingerprint density at radius 3 is 1.33 bits per heavy atom. The average Bonchev–Trinajstić information content (AvgIpc) is 2.88. The Kier molecular flexibility index (Phi) is 10.0. The van der Waals surface area contributed by atoms with Crippen LogP contribution in [0.5, 0.6) is 0 Å². The quantitative estimate of drug-likeness (QED) is 0.222. The molecule has 0 atom stereocenters. The second-order valence-corrected chi connectivity index (χ2v) is 8.25. The molecule has 0 aliphatic carbocycles. The minimum Gasteiger partial charge on any atom is -0.466 e. The number of rotatable bonds is 11. The molecule has 0 unspecified atom stereocenters. The van der Waals surface area contributed by atoms with Crippen LogP contribution in [0, 0.1) is 0 Å². The van der Waals surface area contributed by atoms with Gasteiger partial charge in [-0.05, 0) is 71.0 Å².